The largest absolute Gasteiger partial charge is 0.369 e. The van der Waals surface area contributed by atoms with Crippen LogP contribution in [0.3, 0.4) is 0 Å². The Kier molecular flexibility index (Phi) is 4.09. The van der Waals surface area contributed by atoms with Crippen molar-refractivity contribution in [1.29, 1.82) is 0 Å². The van der Waals surface area contributed by atoms with Crippen LogP contribution in [0, 0.1) is 11.7 Å². The summed E-state index contributed by atoms with van der Waals surface area (Å²) in [5.41, 5.74) is 6.08. The van der Waals surface area contributed by atoms with Gasteiger partial charge in [-0.15, -0.1) is 0 Å². The Hall–Kier alpha value is -2.71. The van der Waals surface area contributed by atoms with Gasteiger partial charge < -0.3 is 16.4 Å². The maximum absolute atomic E-state index is 13.9. The van der Waals surface area contributed by atoms with Crippen LogP contribution in [0.2, 0.25) is 0 Å². The van der Waals surface area contributed by atoms with E-state index in [-0.39, 0.29) is 29.6 Å². The molecule has 1 saturated carbocycles. The summed E-state index contributed by atoms with van der Waals surface area (Å²) in [4.78, 5) is 19.5. The molecule has 122 valence electrons. The number of nitrogens with one attached hydrogen (secondary N) is 2. The fourth-order valence-electron chi connectivity index (χ4n) is 2.79. The molecule has 8 nitrogen and oxygen atoms in total. The zero-order chi connectivity index (χ0) is 16.4. The number of amides is 1. The maximum Gasteiger partial charge on any atom is 0.229 e. The standard InChI is InChI=1S/C14H18FN7O/c1-22-7-8(5-18-22)19-14-17-6-10(15)13(21-14)20-11-4-2-3-9(11)12(16)23/h5-7,9,11H,2-4H2,1H3,(H2,16,23)(H2,17,19,20,21)/t9-,11+/m1/s1. The van der Waals surface area contributed by atoms with Gasteiger partial charge in [0, 0.05) is 19.3 Å². The molecule has 1 amide bonds. The van der Waals surface area contributed by atoms with Gasteiger partial charge in [-0.1, -0.05) is 6.42 Å². The zero-order valence-electron chi connectivity index (χ0n) is 12.7. The molecule has 4 N–H and O–H groups in total. The Bertz CT molecular complexity index is 717. The molecule has 2 aromatic rings. The van der Waals surface area contributed by atoms with Gasteiger partial charge in [-0.05, 0) is 12.8 Å². The Balaban J connectivity index is 1.76. The first-order valence-electron chi connectivity index (χ1n) is 7.37. The molecule has 2 heterocycles. The monoisotopic (exact) mass is 319 g/mol. The molecule has 9 heteroatoms. The molecule has 0 radical (unpaired) electrons. The number of rotatable bonds is 5. The summed E-state index contributed by atoms with van der Waals surface area (Å²) in [7, 11) is 1.79. The van der Waals surface area contributed by atoms with Crippen LogP contribution in [-0.2, 0) is 11.8 Å². The number of aromatic nitrogens is 4. The van der Waals surface area contributed by atoms with E-state index in [9.17, 15) is 9.18 Å². The number of hydrogen-bond acceptors (Lipinski definition) is 6. The van der Waals surface area contributed by atoms with Gasteiger partial charge >= 0.3 is 0 Å². The highest BCUT2D eigenvalue weighted by molar-refractivity contribution is 5.78. The van der Waals surface area contributed by atoms with Crippen LogP contribution < -0.4 is 16.4 Å². The summed E-state index contributed by atoms with van der Waals surface area (Å²) in [6, 6.07) is -0.205. The molecule has 1 aliphatic carbocycles. The first-order chi connectivity index (χ1) is 11.0. The number of anilines is 3. The number of aryl methyl sites for hydroxylation is 1. The summed E-state index contributed by atoms with van der Waals surface area (Å²) in [6.45, 7) is 0. The van der Waals surface area contributed by atoms with E-state index in [1.54, 1.807) is 24.1 Å². The normalized spacial score (nSPS) is 20.4. The summed E-state index contributed by atoms with van der Waals surface area (Å²) in [5, 5.41) is 9.95. The second-order valence-electron chi connectivity index (χ2n) is 5.61. The number of carbonyl (C=O) groups is 1. The van der Waals surface area contributed by atoms with Crippen LogP contribution >= 0.6 is 0 Å². The lowest BCUT2D eigenvalue weighted by Crippen LogP contribution is -2.34. The third-order valence-electron chi connectivity index (χ3n) is 3.91. The third-order valence-corrected chi connectivity index (χ3v) is 3.91. The lowest BCUT2D eigenvalue weighted by atomic mass is 10.0. The SMILES string of the molecule is Cn1cc(Nc2ncc(F)c(N[C@H]3CCC[C@H]3C(N)=O)n2)cn1. The molecule has 0 unspecified atom stereocenters. The molecule has 2 aromatic heterocycles. The molecule has 0 aromatic carbocycles. The van der Waals surface area contributed by atoms with E-state index < -0.39 is 5.82 Å². The Morgan fingerprint density at radius 3 is 2.96 bits per heavy atom. The van der Waals surface area contributed by atoms with Crippen LogP contribution in [0.4, 0.5) is 21.8 Å². The maximum atomic E-state index is 13.9. The predicted octanol–water partition coefficient (Wildman–Crippen LogP) is 1.16. The van der Waals surface area contributed by atoms with E-state index >= 15 is 0 Å². The molecule has 0 bridgehead atoms. The van der Waals surface area contributed by atoms with E-state index in [1.807, 2.05) is 0 Å². The third kappa shape index (κ3) is 3.38. The van der Waals surface area contributed by atoms with Crippen LogP contribution in [-0.4, -0.2) is 31.7 Å². The first-order valence-corrected chi connectivity index (χ1v) is 7.37. The van der Waals surface area contributed by atoms with Gasteiger partial charge in [-0.3, -0.25) is 9.48 Å². The highest BCUT2D eigenvalue weighted by Gasteiger charge is 2.32. The quantitative estimate of drug-likeness (QED) is 0.762. The van der Waals surface area contributed by atoms with Crippen LogP contribution in [0.25, 0.3) is 0 Å². The van der Waals surface area contributed by atoms with E-state index in [2.05, 4.69) is 25.7 Å². The molecule has 1 fully saturated rings. The van der Waals surface area contributed by atoms with Gasteiger partial charge in [0.1, 0.15) is 0 Å². The molecule has 0 spiro atoms. The van der Waals surface area contributed by atoms with Gasteiger partial charge in [0.15, 0.2) is 11.6 Å². The number of nitrogens with two attached hydrogens (primary N) is 1. The molecule has 2 atom stereocenters. The van der Waals surface area contributed by atoms with Crippen molar-refractivity contribution < 1.29 is 9.18 Å². The number of primary amides is 1. The van der Waals surface area contributed by atoms with Gasteiger partial charge in [0.25, 0.3) is 0 Å². The fourth-order valence-corrected chi connectivity index (χ4v) is 2.79. The lowest BCUT2D eigenvalue weighted by molar-refractivity contribution is -0.121. The molecule has 1 aliphatic rings. The van der Waals surface area contributed by atoms with E-state index in [4.69, 9.17) is 5.73 Å². The zero-order valence-corrected chi connectivity index (χ0v) is 12.7. The first kappa shape index (κ1) is 15.2. The minimum absolute atomic E-state index is 0.0598. The Morgan fingerprint density at radius 2 is 2.26 bits per heavy atom. The second kappa shape index (κ2) is 6.19. The van der Waals surface area contributed by atoms with Crippen LogP contribution in [0.5, 0.6) is 0 Å². The van der Waals surface area contributed by atoms with Gasteiger partial charge in [-0.2, -0.15) is 10.1 Å². The molecule has 0 aliphatic heterocycles. The van der Waals surface area contributed by atoms with Gasteiger partial charge in [-0.25, -0.2) is 9.37 Å². The highest BCUT2D eigenvalue weighted by Crippen LogP contribution is 2.29. The number of carbonyl (C=O) groups excluding carboxylic acids is 1. The Morgan fingerprint density at radius 1 is 1.43 bits per heavy atom. The van der Waals surface area contributed by atoms with Gasteiger partial charge in [0.2, 0.25) is 11.9 Å². The minimum Gasteiger partial charge on any atom is -0.369 e. The van der Waals surface area contributed by atoms with Crippen molar-refractivity contribution in [2.24, 2.45) is 18.7 Å². The highest BCUT2D eigenvalue weighted by atomic mass is 19.1. The average Bonchev–Trinajstić information content (AvgIpc) is 3.12. The topological polar surface area (TPSA) is 111 Å². The van der Waals surface area contributed by atoms with Crippen molar-refractivity contribution in [3.63, 3.8) is 0 Å². The molecule has 0 saturated heterocycles. The molecular formula is C14H18FN7O. The molecule has 3 rings (SSSR count). The smallest absolute Gasteiger partial charge is 0.229 e. The van der Waals surface area contributed by atoms with E-state index in [1.165, 1.54) is 0 Å². The summed E-state index contributed by atoms with van der Waals surface area (Å²) < 4.78 is 15.6. The molecule has 23 heavy (non-hydrogen) atoms. The van der Waals surface area contributed by atoms with Crippen molar-refractivity contribution in [3.05, 3.63) is 24.4 Å². The van der Waals surface area contributed by atoms with E-state index in [0.29, 0.717) is 12.1 Å². The molecular weight excluding hydrogens is 301 g/mol. The van der Waals surface area contributed by atoms with E-state index in [0.717, 1.165) is 19.0 Å². The average molecular weight is 319 g/mol. The van der Waals surface area contributed by atoms with Crippen molar-refractivity contribution in [2.75, 3.05) is 10.6 Å². The summed E-state index contributed by atoms with van der Waals surface area (Å²) >= 11 is 0. The number of nitrogens with zero attached hydrogens (tertiary/aromatic N) is 4. The van der Waals surface area contributed by atoms with Crippen LogP contribution in [0.15, 0.2) is 18.6 Å². The minimum atomic E-state index is -0.572. The Labute approximate surface area is 132 Å². The van der Waals surface area contributed by atoms with Gasteiger partial charge in [0.05, 0.1) is 24.0 Å². The van der Waals surface area contributed by atoms with Crippen LogP contribution in [0.1, 0.15) is 19.3 Å². The second-order valence-corrected chi connectivity index (χ2v) is 5.61. The number of halogens is 1. The predicted molar refractivity (Wildman–Crippen MR) is 82.4 cm³/mol. The van der Waals surface area contributed by atoms with Crippen molar-refractivity contribution >= 4 is 23.4 Å². The fraction of sp³-hybridized carbons (Fsp3) is 0.429. The lowest BCUT2D eigenvalue weighted by Gasteiger charge is -2.19. The number of hydrogen-bond donors (Lipinski definition) is 3. The van der Waals surface area contributed by atoms with Crippen molar-refractivity contribution in [1.82, 2.24) is 19.7 Å². The van der Waals surface area contributed by atoms with Crippen molar-refractivity contribution in [2.45, 2.75) is 25.3 Å². The van der Waals surface area contributed by atoms with Crippen molar-refractivity contribution in [3.8, 4) is 0 Å². The summed E-state index contributed by atoms with van der Waals surface area (Å²) in [6.07, 6.45) is 6.78. The summed E-state index contributed by atoms with van der Waals surface area (Å²) in [5.74, 6) is -0.945.